The van der Waals surface area contributed by atoms with Gasteiger partial charge in [-0.15, -0.1) is 0 Å². The predicted octanol–water partition coefficient (Wildman–Crippen LogP) is 1.79. The molecule has 1 rings (SSSR count). The number of ether oxygens (including phenoxy) is 2. The van der Waals surface area contributed by atoms with Crippen LogP contribution in [-0.4, -0.2) is 24.9 Å². The lowest BCUT2D eigenvalue weighted by molar-refractivity contribution is -0.279. The molecule has 4 heteroatoms. The van der Waals surface area contributed by atoms with Gasteiger partial charge < -0.3 is 9.47 Å². The van der Waals surface area contributed by atoms with Crippen LogP contribution in [0.2, 0.25) is 0 Å². The van der Waals surface area contributed by atoms with Gasteiger partial charge in [0.05, 0.1) is 13.2 Å². The second-order valence-corrected chi connectivity index (χ2v) is 2.70. The van der Waals surface area contributed by atoms with E-state index in [0.717, 1.165) is 0 Å². The molecule has 66 valence electrons. The highest BCUT2D eigenvalue weighted by Gasteiger charge is 2.53. The highest BCUT2D eigenvalue weighted by Crippen LogP contribution is 2.38. The topological polar surface area (TPSA) is 18.5 Å². The predicted molar refractivity (Wildman–Crippen MR) is 35.5 cm³/mol. The maximum Gasteiger partial charge on any atom is 0.300 e. The summed E-state index contributed by atoms with van der Waals surface area (Å²) in [6.45, 7) is 3.21. The molecule has 1 heterocycles. The second kappa shape index (κ2) is 2.68. The first kappa shape index (κ1) is 8.87. The Balaban J connectivity index is 2.69. The maximum absolute atomic E-state index is 13.0. The third-order valence-electron chi connectivity index (χ3n) is 1.95. The largest absolute Gasteiger partial charge is 0.343 e. The van der Waals surface area contributed by atoms with E-state index in [1.165, 1.54) is 13.8 Å². The van der Waals surface area contributed by atoms with E-state index >= 15 is 0 Å². The van der Waals surface area contributed by atoms with Crippen molar-refractivity contribution in [3.63, 3.8) is 0 Å². The zero-order valence-corrected chi connectivity index (χ0v) is 6.69. The molecule has 11 heavy (non-hydrogen) atoms. The Bertz CT molecular complexity index is 141. The highest BCUT2D eigenvalue weighted by atomic mass is 19.3. The molecule has 0 atom stereocenters. The fraction of sp³-hybridized carbons (Fsp3) is 1.00. The summed E-state index contributed by atoms with van der Waals surface area (Å²) >= 11 is 0. The van der Waals surface area contributed by atoms with Gasteiger partial charge in [0.25, 0.3) is 5.92 Å². The van der Waals surface area contributed by atoms with Crippen molar-refractivity contribution in [2.45, 2.75) is 32.0 Å². The van der Waals surface area contributed by atoms with Gasteiger partial charge in [0, 0.05) is 6.42 Å². The van der Waals surface area contributed by atoms with Gasteiger partial charge in [-0.25, -0.2) is 8.78 Å². The van der Waals surface area contributed by atoms with E-state index in [9.17, 15) is 8.78 Å². The third kappa shape index (κ3) is 1.37. The average molecular weight is 166 g/mol. The van der Waals surface area contributed by atoms with Crippen LogP contribution in [0.4, 0.5) is 8.78 Å². The average Bonchev–Trinajstić information content (AvgIpc) is 2.38. The lowest BCUT2D eigenvalue weighted by Crippen LogP contribution is -2.45. The van der Waals surface area contributed by atoms with Crippen LogP contribution < -0.4 is 0 Å². The highest BCUT2D eigenvalue weighted by molar-refractivity contribution is 4.84. The standard InChI is InChI=1S/C7H12F2O2/c1-3-7(8,9)6(2)10-4-5-11-6/h3-5H2,1-2H3. The number of halogens is 2. The molecule has 1 fully saturated rings. The van der Waals surface area contributed by atoms with Crippen LogP contribution >= 0.6 is 0 Å². The Hall–Kier alpha value is -0.220. The van der Waals surface area contributed by atoms with Crippen molar-refractivity contribution in [2.24, 2.45) is 0 Å². The van der Waals surface area contributed by atoms with E-state index < -0.39 is 11.7 Å². The summed E-state index contributed by atoms with van der Waals surface area (Å²) in [7, 11) is 0. The molecule has 1 aliphatic rings. The van der Waals surface area contributed by atoms with Crippen LogP contribution in [0.3, 0.4) is 0 Å². The molecule has 0 aromatic heterocycles. The van der Waals surface area contributed by atoms with Crippen LogP contribution in [0.15, 0.2) is 0 Å². The van der Waals surface area contributed by atoms with E-state index in [4.69, 9.17) is 9.47 Å². The quantitative estimate of drug-likeness (QED) is 0.622. The summed E-state index contributed by atoms with van der Waals surface area (Å²) in [5.41, 5.74) is 0. The lowest BCUT2D eigenvalue weighted by atomic mass is 10.1. The smallest absolute Gasteiger partial charge is 0.300 e. The van der Waals surface area contributed by atoms with Gasteiger partial charge in [-0.3, -0.25) is 0 Å². The maximum atomic E-state index is 13.0. The zero-order valence-electron chi connectivity index (χ0n) is 6.69. The fourth-order valence-electron chi connectivity index (χ4n) is 1.05. The second-order valence-electron chi connectivity index (χ2n) is 2.70. The van der Waals surface area contributed by atoms with Crippen LogP contribution in [0, 0.1) is 0 Å². The summed E-state index contributed by atoms with van der Waals surface area (Å²) in [6.07, 6.45) is -0.260. The van der Waals surface area contributed by atoms with Crippen LogP contribution in [0.5, 0.6) is 0 Å². The third-order valence-corrected chi connectivity index (χ3v) is 1.95. The van der Waals surface area contributed by atoms with Gasteiger partial charge in [-0.05, 0) is 6.92 Å². The Morgan fingerprint density at radius 2 is 1.82 bits per heavy atom. The number of alkyl halides is 2. The minimum Gasteiger partial charge on any atom is -0.343 e. The molecule has 0 amide bonds. The molecule has 0 saturated carbocycles. The monoisotopic (exact) mass is 166 g/mol. The first-order valence-corrected chi connectivity index (χ1v) is 3.67. The molecule has 0 aromatic rings. The van der Waals surface area contributed by atoms with E-state index in [1.807, 2.05) is 0 Å². The minimum atomic E-state index is -2.89. The van der Waals surface area contributed by atoms with Crippen molar-refractivity contribution in [3.05, 3.63) is 0 Å². The molecular formula is C7H12F2O2. The summed E-state index contributed by atoms with van der Waals surface area (Å²) in [4.78, 5) is 0. The van der Waals surface area contributed by atoms with Crippen molar-refractivity contribution in [1.29, 1.82) is 0 Å². The summed E-state index contributed by atoms with van der Waals surface area (Å²) < 4.78 is 35.6. The van der Waals surface area contributed by atoms with Crippen LogP contribution in [-0.2, 0) is 9.47 Å². The Kier molecular flexibility index (Phi) is 2.16. The molecule has 1 saturated heterocycles. The van der Waals surface area contributed by atoms with Gasteiger partial charge in [0.15, 0.2) is 0 Å². The summed E-state index contributed by atoms with van der Waals surface area (Å²) in [5.74, 6) is -4.58. The van der Waals surface area contributed by atoms with E-state index in [1.54, 1.807) is 0 Å². The molecule has 0 unspecified atom stereocenters. The number of rotatable bonds is 2. The molecule has 0 aromatic carbocycles. The Morgan fingerprint density at radius 1 is 1.36 bits per heavy atom. The zero-order chi connectivity index (χ0) is 8.54. The van der Waals surface area contributed by atoms with Crippen molar-refractivity contribution in [1.82, 2.24) is 0 Å². The first-order chi connectivity index (χ1) is 5.02. The summed E-state index contributed by atoms with van der Waals surface area (Å²) in [6, 6.07) is 0. The van der Waals surface area contributed by atoms with Crippen molar-refractivity contribution in [3.8, 4) is 0 Å². The number of hydrogen-bond acceptors (Lipinski definition) is 2. The molecule has 0 spiro atoms. The van der Waals surface area contributed by atoms with Gasteiger partial charge >= 0.3 is 0 Å². The lowest BCUT2D eigenvalue weighted by Gasteiger charge is -2.30. The molecule has 0 radical (unpaired) electrons. The molecule has 0 N–H and O–H groups in total. The van der Waals surface area contributed by atoms with E-state index in [-0.39, 0.29) is 19.6 Å². The fourth-order valence-corrected chi connectivity index (χ4v) is 1.05. The van der Waals surface area contributed by atoms with Gasteiger partial charge in [0.1, 0.15) is 0 Å². The van der Waals surface area contributed by atoms with Gasteiger partial charge in [-0.1, -0.05) is 6.92 Å². The van der Waals surface area contributed by atoms with E-state index in [2.05, 4.69) is 0 Å². The SMILES string of the molecule is CCC(F)(F)C1(C)OCCO1. The molecule has 2 nitrogen and oxygen atoms in total. The number of hydrogen-bond donors (Lipinski definition) is 0. The normalized spacial score (nSPS) is 24.0. The van der Waals surface area contributed by atoms with Crippen LogP contribution in [0.25, 0.3) is 0 Å². The van der Waals surface area contributed by atoms with Crippen molar-refractivity contribution >= 4 is 0 Å². The first-order valence-electron chi connectivity index (χ1n) is 3.67. The molecule has 0 bridgehead atoms. The van der Waals surface area contributed by atoms with E-state index in [0.29, 0.717) is 0 Å². The molecule has 1 aliphatic heterocycles. The van der Waals surface area contributed by atoms with Gasteiger partial charge in [-0.2, -0.15) is 0 Å². The van der Waals surface area contributed by atoms with Crippen molar-refractivity contribution in [2.75, 3.05) is 13.2 Å². The summed E-state index contributed by atoms with van der Waals surface area (Å²) in [5, 5.41) is 0. The van der Waals surface area contributed by atoms with Crippen molar-refractivity contribution < 1.29 is 18.3 Å². The van der Waals surface area contributed by atoms with Gasteiger partial charge in [0.2, 0.25) is 5.79 Å². The van der Waals surface area contributed by atoms with Crippen LogP contribution in [0.1, 0.15) is 20.3 Å². The molecular weight excluding hydrogens is 154 g/mol. The molecule has 0 aliphatic carbocycles. The Labute approximate surface area is 64.5 Å². The Morgan fingerprint density at radius 3 is 2.18 bits per heavy atom. The minimum absolute atomic E-state index is 0.256.